The standard InChI is InChI=1S/C27H33FN6O.ClH/c1-19-8-6-9-22(30-19)25-26(33-14-13-29-27(33)32-25)20-11-12-21(28)23(18-20)31-24(35)10-7-17-34(2)15-4-3-5-16-34;/h6,8-9,11-12,18H,3-5,7,10,13-17H2,1-2H3,(H-,29,31,32,35);1H. The van der Waals surface area contributed by atoms with Crippen LogP contribution in [-0.4, -0.2) is 58.2 Å². The van der Waals surface area contributed by atoms with Crippen molar-refractivity contribution in [3.8, 4) is 22.6 Å². The van der Waals surface area contributed by atoms with Gasteiger partial charge in [0.25, 0.3) is 0 Å². The maximum absolute atomic E-state index is 14.7. The predicted octanol–water partition coefficient (Wildman–Crippen LogP) is 1.84. The van der Waals surface area contributed by atoms with Gasteiger partial charge in [-0.25, -0.2) is 9.37 Å². The van der Waals surface area contributed by atoms with Crippen molar-refractivity contribution in [3.05, 3.63) is 47.9 Å². The predicted molar refractivity (Wildman–Crippen MR) is 137 cm³/mol. The lowest BCUT2D eigenvalue weighted by Gasteiger charge is -2.37. The van der Waals surface area contributed by atoms with E-state index in [2.05, 4.69) is 27.2 Å². The minimum absolute atomic E-state index is 0. The van der Waals surface area contributed by atoms with Gasteiger partial charge in [-0.15, -0.1) is 0 Å². The molecule has 1 amide bonds. The van der Waals surface area contributed by atoms with Crippen LogP contribution in [0.5, 0.6) is 0 Å². The Kier molecular flexibility index (Phi) is 7.95. The summed E-state index contributed by atoms with van der Waals surface area (Å²) in [6.07, 6.45) is 5.02. The first-order valence-corrected chi connectivity index (χ1v) is 12.6. The number of carbonyl (C=O) groups excluding carboxylic acids is 1. The molecule has 2 aromatic heterocycles. The van der Waals surface area contributed by atoms with Crippen LogP contribution in [-0.2, 0) is 11.3 Å². The van der Waals surface area contributed by atoms with E-state index in [9.17, 15) is 9.18 Å². The molecule has 0 radical (unpaired) electrons. The van der Waals surface area contributed by atoms with Crippen LogP contribution >= 0.6 is 0 Å². The lowest BCUT2D eigenvalue weighted by atomic mass is 10.1. The van der Waals surface area contributed by atoms with E-state index in [1.807, 2.05) is 25.1 Å². The second-order valence-corrected chi connectivity index (χ2v) is 10.1. The Balaban J connectivity index is 0.00000304. The summed E-state index contributed by atoms with van der Waals surface area (Å²) < 4.78 is 17.9. The molecular weight excluding hydrogens is 479 g/mol. The third-order valence-corrected chi connectivity index (χ3v) is 7.23. The molecule has 192 valence electrons. The maximum atomic E-state index is 14.7. The van der Waals surface area contributed by atoms with Crippen molar-refractivity contribution in [3.63, 3.8) is 0 Å². The first-order chi connectivity index (χ1) is 16.9. The van der Waals surface area contributed by atoms with Crippen LogP contribution in [0.3, 0.4) is 0 Å². The van der Waals surface area contributed by atoms with Crippen molar-refractivity contribution in [2.24, 2.45) is 0 Å². The molecule has 0 spiro atoms. The molecule has 0 unspecified atom stereocenters. The van der Waals surface area contributed by atoms with Crippen LogP contribution in [0.25, 0.3) is 22.6 Å². The molecule has 36 heavy (non-hydrogen) atoms. The number of anilines is 2. The number of nitrogens with one attached hydrogen (secondary N) is 2. The molecule has 0 aliphatic carbocycles. The molecule has 7 nitrogen and oxygen atoms in total. The molecule has 0 saturated carbocycles. The average molecular weight is 513 g/mol. The number of nitrogens with zero attached hydrogens (tertiary/aromatic N) is 4. The number of carbonyl (C=O) groups is 1. The molecule has 2 N–H and O–H groups in total. The monoisotopic (exact) mass is 512 g/mol. The van der Waals surface area contributed by atoms with Gasteiger partial charge in [0.15, 0.2) is 0 Å². The van der Waals surface area contributed by atoms with Gasteiger partial charge in [0.05, 0.1) is 43.8 Å². The van der Waals surface area contributed by atoms with Crippen LogP contribution in [0.15, 0.2) is 36.4 Å². The fourth-order valence-corrected chi connectivity index (χ4v) is 5.33. The Morgan fingerprint density at radius 2 is 1.97 bits per heavy atom. The number of imidazole rings is 1. The third-order valence-electron chi connectivity index (χ3n) is 7.23. The summed E-state index contributed by atoms with van der Waals surface area (Å²) in [7, 11) is 2.28. The summed E-state index contributed by atoms with van der Waals surface area (Å²) in [5.41, 5.74) is 4.30. The van der Waals surface area contributed by atoms with Gasteiger partial charge in [0.1, 0.15) is 11.5 Å². The minimum atomic E-state index is -0.438. The number of hydrogen-bond acceptors (Lipinski definition) is 4. The molecule has 0 atom stereocenters. The van der Waals surface area contributed by atoms with Crippen LogP contribution in [0.2, 0.25) is 0 Å². The first kappa shape index (κ1) is 26.1. The van der Waals surface area contributed by atoms with E-state index in [1.165, 1.54) is 38.4 Å². The fourth-order valence-electron chi connectivity index (χ4n) is 5.33. The number of hydrogen-bond donors (Lipinski definition) is 2. The zero-order chi connectivity index (χ0) is 24.4. The number of pyridine rings is 1. The molecule has 9 heteroatoms. The van der Waals surface area contributed by atoms with Crippen molar-refractivity contribution < 1.29 is 26.1 Å². The second-order valence-electron chi connectivity index (χ2n) is 10.1. The number of amides is 1. The van der Waals surface area contributed by atoms with Crippen molar-refractivity contribution in [2.45, 2.75) is 45.6 Å². The Morgan fingerprint density at radius 3 is 2.75 bits per heavy atom. The molecule has 4 heterocycles. The van der Waals surface area contributed by atoms with E-state index in [1.54, 1.807) is 12.1 Å². The van der Waals surface area contributed by atoms with E-state index in [0.29, 0.717) is 6.42 Å². The van der Waals surface area contributed by atoms with Gasteiger partial charge in [0, 0.05) is 37.2 Å². The van der Waals surface area contributed by atoms with E-state index in [-0.39, 0.29) is 24.0 Å². The summed E-state index contributed by atoms with van der Waals surface area (Å²) in [6, 6.07) is 10.7. The van der Waals surface area contributed by atoms with Crippen LogP contribution in [0.4, 0.5) is 16.0 Å². The Hall–Kier alpha value is -2.97. The lowest BCUT2D eigenvalue weighted by molar-refractivity contribution is -0.914. The van der Waals surface area contributed by atoms with E-state index in [0.717, 1.165) is 64.8 Å². The lowest BCUT2D eigenvalue weighted by Crippen LogP contribution is -3.00. The number of quaternary nitrogens is 1. The van der Waals surface area contributed by atoms with Gasteiger partial charge < -0.3 is 32.1 Å². The number of piperidine rings is 1. The van der Waals surface area contributed by atoms with Gasteiger partial charge in [-0.2, -0.15) is 0 Å². The third kappa shape index (κ3) is 5.55. The van der Waals surface area contributed by atoms with E-state index < -0.39 is 5.82 Å². The summed E-state index contributed by atoms with van der Waals surface area (Å²) in [6.45, 7) is 6.85. The van der Waals surface area contributed by atoms with Crippen molar-refractivity contribution >= 4 is 17.5 Å². The molecule has 0 bridgehead atoms. The van der Waals surface area contributed by atoms with Crippen LogP contribution < -0.4 is 23.0 Å². The molecule has 2 aliphatic rings. The molecule has 3 aromatic rings. The SMILES string of the molecule is Cc1cccc(-c2nc3n(c2-c2ccc(F)c(NC(=O)CCC[N+]4(C)CCCCC4)c2)CCN3)n1.[Cl-]. The van der Waals surface area contributed by atoms with Crippen LogP contribution in [0.1, 0.15) is 37.8 Å². The molecule has 2 aliphatic heterocycles. The second kappa shape index (κ2) is 11.0. The molecular formula is C27H34ClFN6O. The van der Waals surface area contributed by atoms with Gasteiger partial charge >= 0.3 is 0 Å². The number of fused-ring (bicyclic) bond motifs is 1. The zero-order valence-electron chi connectivity index (χ0n) is 21.0. The number of aryl methyl sites for hydroxylation is 1. The number of halogens is 2. The maximum Gasteiger partial charge on any atom is 0.224 e. The highest BCUT2D eigenvalue weighted by Crippen LogP contribution is 2.37. The fraction of sp³-hybridized carbons (Fsp3) is 0.444. The van der Waals surface area contributed by atoms with Gasteiger partial charge in [-0.05, 0) is 56.5 Å². The highest BCUT2D eigenvalue weighted by Gasteiger charge is 2.26. The van der Waals surface area contributed by atoms with Crippen LogP contribution in [0, 0.1) is 12.7 Å². The zero-order valence-corrected chi connectivity index (χ0v) is 21.7. The average Bonchev–Trinajstić information content (AvgIpc) is 3.42. The highest BCUT2D eigenvalue weighted by molar-refractivity contribution is 5.92. The number of rotatable bonds is 7. The molecule has 1 fully saturated rings. The largest absolute Gasteiger partial charge is 1.00 e. The summed E-state index contributed by atoms with van der Waals surface area (Å²) in [5.74, 6) is 0.194. The first-order valence-electron chi connectivity index (χ1n) is 12.6. The van der Waals surface area contributed by atoms with E-state index in [4.69, 9.17) is 4.98 Å². The van der Waals surface area contributed by atoms with Crippen molar-refractivity contribution in [2.75, 3.05) is 43.9 Å². The van der Waals surface area contributed by atoms with Gasteiger partial charge in [-0.3, -0.25) is 9.78 Å². The Morgan fingerprint density at radius 1 is 1.17 bits per heavy atom. The van der Waals surface area contributed by atoms with Crippen molar-refractivity contribution in [1.82, 2.24) is 14.5 Å². The quantitative estimate of drug-likeness (QED) is 0.474. The van der Waals surface area contributed by atoms with Gasteiger partial charge in [0.2, 0.25) is 11.9 Å². The van der Waals surface area contributed by atoms with Gasteiger partial charge in [-0.1, -0.05) is 6.07 Å². The molecule has 1 aromatic carbocycles. The Bertz CT molecular complexity index is 1240. The van der Waals surface area contributed by atoms with Crippen molar-refractivity contribution in [1.29, 1.82) is 0 Å². The number of aromatic nitrogens is 3. The number of likely N-dealkylation sites (tertiary alicyclic amines) is 1. The minimum Gasteiger partial charge on any atom is -1.00 e. The summed E-state index contributed by atoms with van der Waals surface area (Å²) in [4.78, 5) is 22.1. The summed E-state index contributed by atoms with van der Waals surface area (Å²) >= 11 is 0. The highest BCUT2D eigenvalue weighted by atomic mass is 35.5. The van der Waals surface area contributed by atoms with E-state index >= 15 is 0 Å². The summed E-state index contributed by atoms with van der Waals surface area (Å²) in [5, 5.41) is 6.12. The smallest absolute Gasteiger partial charge is 0.224 e. The molecule has 5 rings (SSSR count). The topological polar surface area (TPSA) is 71.8 Å². The normalized spacial score (nSPS) is 16.1. The Labute approximate surface area is 218 Å². The molecule has 1 saturated heterocycles. The number of benzene rings is 1.